The fourth-order valence-electron chi connectivity index (χ4n) is 11.4. The Hall–Kier alpha value is -7.52. The molecule has 0 bridgehead atoms. The highest BCUT2D eigenvalue weighted by Crippen LogP contribution is 2.58. The van der Waals surface area contributed by atoms with E-state index in [9.17, 15) is 0 Å². The van der Waals surface area contributed by atoms with Gasteiger partial charge < -0.3 is 4.90 Å². The summed E-state index contributed by atoms with van der Waals surface area (Å²) < 4.78 is 2.60. The fourth-order valence-corrected chi connectivity index (χ4v) is 12.6. The van der Waals surface area contributed by atoms with Gasteiger partial charge in [-0.15, -0.1) is 11.3 Å². The lowest BCUT2D eigenvalue weighted by Crippen LogP contribution is -2.22. The first-order chi connectivity index (χ1) is 33.9. The highest BCUT2D eigenvalue weighted by molar-refractivity contribution is 7.26. The molecule has 70 heavy (non-hydrogen) atoms. The summed E-state index contributed by atoms with van der Waals surface area (Å²) in [7, 11) is 0. The van der Waals surface area contributed by atoms with Crippen molar-refractivity contribution in [2.24, 2.45) is 0 Å². The van der Waals surface area contributed by atoms with Gasteiger partial charge in [0.25, 0.3) is 0 Å². The molecule has 1 unspecified atom stereocenters. The standard InChI is InChI=1S/C68H57NS/c1-66(2,3)47-41-45(42-48(43-47)67(4,5)6)49-31-19-23-44-24-20-32-53(63(44)49)50-27-12-16-37-59(50)69(60-38-17-13-28-51(60)54-33-21-34-55-52-29-14-18-40-62(52)70-65(54)55)61-39-22-36-58-64(61)56-30-11-15-35-57(56)68(58,7)46-25-9-8-10-26-46/h8-43H,1-7H3. The summed E-state index contributed by atoms with van der Waals surface area (Å²) in [6, 6.07) is 82.2. The molecule has 0 N–H and O–H groups in total. The van der Waals surface area contributed by atoms with Crippen molar-refractivity contribution < 1.29 is 0 Å². The number of fused-ring (bicyclic) bond motifs is 7. The van der Waals surface area contributed by atoms with Crippen LogP contribution in [0.2, 0.25) is 0 Å². The lowest BCUT2D eigenvalue weighted by molar-refractivity contribution is 0.569. The van der Waals surface area contributed by atoms with Crippen molar-refractivity contribution in [3.8, 4) is 44.5 Å². The van der Waals surface area contributed by atoms with Crippen LogP contribution in [0.15, 0.2) is 218 Å². The maximum atomic E-state index is 2.60. The Bertz CT molecular complexity index is 3780. The van der Waals surface area contributed by atoms with Crippen LogP contribution in [0.25, 0.3) is 75.5 Å². The molecular formula is C68H57NS. The van der Waals surface area contributed by atoms with E-state index >= 15 is 0 Å². The summed E-state index contributed by atoms with van der Waals surface area (Å²) >= 11 is 1.89. The van der Waals surface area contributed by atoms with Gasteiger partial charge in [-0.3, -0.25) is 0 Å². The summed E-state index contributed by atoms with van der Waals surface area (Å²) in [5, 5.41) is 5.07. The molecule has 0 saturated heterocycles. The predicted octanol–water partition coefficient (Wildman–Crippen LogP) is 19.6. The van der Waals surface area contributed by atoms with Gasteiger partial charge in [0.05, 0.1) is 17.1 Å². The maximum absolute atomic E-state index is 2.60. The van der Waals surface area contributed by atoms with Gasteiger partial charge in [-0.05, 0) is 103 Å². The van der Waals surface area contributed by atoms with E-state index in [1.807, 2.05) is 11.3 Å². The Kier molecular flexibility index (Phi) is 10.4. The van der Waals surface area contributed by atoms with Crippen LogP contribution in [0.4, 0.5) is 17.1 Å². The van der Waals surface area contributed by atoms with Gasteiger partial charge in [0.15, 0.2) is 0 Å². The second kappa shape index (κ2) is 16.6. The van der Waals surface area contributed by atoms with E-state index in [4.69, 9.17) is 0 Å². The van der Waals surface area contributed by atoms with Crippen LogP contribution in [0, 0.1) is 0 Å². The van der Waals surface area contributed by atoms with Crippen LogP contribution in [0.5, 0.6) is 0 Å². The predicted molar refractivity (Wildman–Crippen MR) is 303 cm³/mol. The monoisotopic (exact) mass is 919 g/mol. The van der Waals surface area contributed by atoms with E-state index in [-0.39, 0.29) is 16.2 Å². The molecule has 0 saturated carbocycles. The molecular weight excluding hydrogens is 863 g/mol. The van der Waals surface area contributed by atoms with Gasteiger partial charge in [0.2, 0.25) is 0 Å². The molecule has 12 rings (SSSR count). The molecule has 1 aliphatic carbocycles. The zero-order valence-electron chi connectivity index (χ0n) is 41.1. The first kappa shape index (κ1) is 43.7. The molecule has 2 heteroatoms. The maximum Gasteiger partial charge on any atom is 0.0543 e. The number of nitrogens with zero attached hydrogens (tertiary/aromatic N) is 1. The van der Waals surface area contributed by atoms with Gasteiger partial charge in [-0.25, -0.2) is 0 Å². The quantitative estimate of drug-likeness (QED) is 0.154. The first-order valence-corrected chi connectivity index (χ1v) is 25.6. The number of benzene rings is 10. The average molecular weight is 920 g/mol. The Morgan fingerprint density at radius 3 is 1.60 bits per heavy atom. The molecule has 0 radical (unpaired) electrons. The topological polar surface area (TPSA) is 3.24 Å². The van der Waals surface area contributed by atoms with Gasteiger partial charge in [0.1, 0.15) is 0 Å². The number of hydrogen-bond acceptors (Lipinski definition) is 2. The minimum Gasteiger partial charge on any atom is -0.309 e. The van der Waals surface area contributed by atoms with Crippen molar-refractivity contribution in [2.45, 2.75) is 64.7 Å². The van der Waals surface area contributed by atoms with Crippen LogP contribution in [-0.2, 0) is 16.2 Å². The molecule has 1 nitrogen and oxygen atoms in total. The Balaban J connectivity index is 1.17. The SMILES string of the molecule is CC(C)(C)c1cc(-c2cccc3cccc(-c4ccccc4N(c4ccccc4-c4cccc5c4sc4ccccc45)c4cccc5c4-c4ccccc4C5(C)c4ccccc4)c23)cc(C(C)(C)C)c1. The van der Waals surface area contributed by atoms with Gasteiger partial charge in [-0.1, -0.05) is 236 Å². The summed E-state index contributed by atoms with van der Waals surface area (Å²) in [6.45, 7) is 16.4. The van der Waals surface area contributed by atoms with E-state index in [1.165, 1.54) is 103 Å². The lowest BCUT2D eigenvalue weighted by atomic mass is 9.74. The van der Waals surface area contributed by atoms with Crippen molar-refractivity contribution >= 4 is 59.3 Å². The molecule has 1 heterocycles. The zero-order chi connectivity index (χ0) is 47.9. The van der Waals surface area contributed by atoms with Crippen LogP contribution in [-0.4, -0.2) is 0 Å². The second-order valence-electron chi connectivity index (χ2n) is 21.4. The Morgan fingerprint density at radius 1 is 0.400 bits per heavy atom. The molecule has 0 fully saturated rings. The minimum absolute atomic E-state index is 0.0186. The second-order valence-corrected chi connectivity index (χ2v) is 22.4. The fraction of sp³-hybridized carbons (Fsp3) is 0.147. The third-order valence-electron chi connectivity index (χ3n) is 15.1. The Labute approximate surface area is 417 Å². The average Bonchev–Trinajstić information content (AvgIpc) is 3.90. The Morgan fingerprint density at radius 2 is 0.900 bits per heavy atom. The summed E-state index contributed by atoms with van der Waals surface area (Å²) in [6.07, 6.45) is 0. The zero-order valence-corrected chi connectivity index (χ0v) is 42.0. The molecule has 1 atom stereocenters. The molecule has 1 aliphatic rings. The van der Waals surface area contributed by atoms with Crippen molar-refractivity contribution in [1.29, 1.82) is 0 Å². The highest BCUT2D eigenvalue weighted by Gasteiger charge is 2.43. The third-order valence-corrected chi connectivity index (χ3v) is 16.3. The number of rotatable bonds is 7. The molecule has 0 spiro atoms. The smallest absolute Gasteiger partial charge is 0.0543 e. The normalized spacial score (nSPS) is 14.6. The van der Waals surface area contributed by atoms with E-state index in [0.717, 1.165) is 17.1 Å². The van der Waals surface area contributed by atoms with E-state index < -0.39 is 0 Å². The molecule has 10 aromatic carbocycles. The van der Waals surface area contributed by atoms with Crippen molar-refractivity contribution in [2.75, 3.05) is 4.90 Å². The van der Waals surface area contributed by atoms with Crippen LogP contribution < -0.4 is 4.90 Å². The molecule has 11 aromatic rings. The molecule has 0 aliphatic heterocycles. The van der Waals surface area contributed by atoms with E-state index in [0.29, 0.717) is 0 Å². The summed E-state index contributed by atoms with van der Waals surface area (Å²) in [5.41, 5.74) is 19.5. The van der Waals surface area contributed by atoms with Crippen LogP contribution in [0.3, 0.4) is 0 Å². The number of thiophene rings is 1. The number of anilines is 3. The van der Waals surface area contributed by atoms with Crippen LogP contribution >= 0.6 is 11.3 Å². The molecule has 1 aromatic heterocycles. The molecule has 340 valence electrons. The highest BCUT2D eigenvalue weighted by atomic mass is 32.1. The summed E-state index contributed by atoms with van der Waals surface area (Å²) in [4.78, 5) is 2.60. The molecule has 0 amide bonds. The van der Waals surface area contributed by atoms with E-state index in [1.54, 1.807) is 0 Å². The van der Waals surface area contributed by atoms with Gasteiger partial charge in [-0.2, -0.15) is 0 Å². The minimum atomic E-state index is -0.366. The summed E-state index contributed by atoms with van der Waals surface area (Å²) in [5.74, 6) is 0. The van der Waals surface area contributed by atoms with E-state index in [2.05, 4.69) is 272 Å². The largest absolute Gasteiger partial charge is 0.309 e. The first-order valence-electron chi connectivity index (χ1n) is 24.8. The van der Waals surface area contributed by atoms with Crippen LogP contribution in [0.1, 0.15) is 76.3 Å². The van der Waals surface area contributed by atoms with Crippen molar-refractivity contribution in [3.63, 3.8) is 0 Å². The van der Waals surface area contributed by atoms with Crippen molar-refractivity contribution in [1.82, 2.24) is 0 Å². The number of hydrogen-bond donors (Lipinski definition) is 0. The van der Waals surface area contributed by atoms with Crippen molar-refractivity contribution in [3.05, 3.63) is 246 Å². The van der Waals surface area contributed by atoms with Gasteiger partial charge in [0, 0.05) is 47.8 Å². The van der Waals surface area contributed by atoms with Gasteiger partial charge >= 0.3 is 0 Å². The lowest BCUT2D eigenvalue weighted by Gasteiger charge is -2.33. The number of para-hydroxylation sites is 2. The third kappa shape index (κ3) is 7.03.